The largest absolute Gasteiger partial charge is 0.370 e. The standard InChI is InChI=1S/C41H73N13O9/c1-5-12-34(57)47-20-9-7-14-29(37(60)52-31(17-18-33(44)56)36(59)50-27(24-55)23-25(2)3)51-38(61)30(15-10-21-48-41(45)46)53-39(62)32-16-11-22-54(32)40(63)26(4)49-35(58)28(43)13-6-8-19-42/h5,12,24-32H,6-11,13-23,42-43H2,1-4H3,(H2,44,56)(H,47,57)(H,49,58)(H,50,59)(H,51,61)(H,52,60)(H,53,62)(H4,45,46,48)/b12-5+/t26-,27-,28-,29-,30-,31-,32-/m0/s1. The summed E-state index contributed by atoms with van der Waals surface area (Å²) >= 11 is 0. The highest BCUT2D eigenvalue weighted by Crippen LogP contribution is 2.19. The second kappa shape index (κ2) is 30.4. The number of nitrogens with two attached hydrogens (primary N) is 5. The molecule has 0 aromatic heterocycles. The Hall–Kier alpha value is -5.64. The molecule has 1 aliphatic heterocycles. The van der Waals surface area contributed by atoms with Crippen LogP contribution >= 0.6 is 0 Å². The van der Waals surface area contributed by atoms with Gasteiger partial charge < -0.3 is 70.3 Å². The van der Waals surface area contributed by atoms with Crippen molar-refractivity contribution in [2.45, 2.75) is 153 Å². The lowest BCUT2D eigenvalue weighted by Crippen LogP contribution is -2.59. The Bertz CT molecular complexity index is 1590. The topological polar surface area (TPSA) is 372 Å². The minimum absolute atomic E-state index is 0.00141. The number of primary amides is 1. The van der Waals surface area contributed by atoms with E-state index in [-0.39, 0.29) is 75.9 Å². The summed E-state index contributed by atoms with van der Waals surface area (Å²) in [4.78, 5) is 122. The zero-order chi connectivity index (χ0) is 47.5. The molecule has 0 bridgehead atoms. The predicted molar refractivity (Wildman–Crippen MR) is 236 cm³/mol. The van der Waals surface area contributed by atoms with E-state index in [0.29, 0.717) is 57.8 Å². The molecule has 356 valence electrons. The fraction of sp³-hybridized carbons (Fsp3) is 0.707. The van der Waals surface area contributed by atoms with Crippen molar-refractivity contribution in [3.8, 4) is 0 Å². The van der Waals surface area contributed by atoms with Crippen molar-refractivity contribution >= 4 is 59.5 Å². The summed E-state index contributed by atoms with van der Waals surface area (Å²) in [6, 6.07) is -7.59. The lowest BCUT2D eigenvalue weighted by molar-refractivity contribution is -0.142. The molecule has 22 nitrogen and oxygen atoms in total. The first-order valence-electron chi connectivity index (χ1n) is 21.8. The number of unbranched alkanes of at least 4 members (excludes halogenated alkanes) is 2. The SMILES string of the molecule is C/C=C/C(=O)NCCCC[C@H](NC(=O)[C@H](CCCN=C(N)N)NC(=O)[C@@H]1CCCN1C(=O)[C@H](C)NC(=O)[C@@H](N)CCCCN)C(=O)N[C@@H](CCC(N)=O)C(=O)N[C@H](C=O)CC(C)C. The van der Waals surface area contributed by atoms with E-state index in [9.17, 15) is 43.2 Å². The van der Waals surface area contributed by atoms with Gasteiger partial charge in [0.1, 0.15) is 36.5 Å². The lowest BCUT2D eigenvalue weighted by Gasteiger charge is -2.29. The van der Waals surface area contributed by atoms with Crippen molar-refractivity contribution in [2.75, 3.05) is 26.2 Å². The Balaban J connectivity index is 3.37. The first kappa shape index (κ1) is 55.4. The maximum atomic E-state index is 14.1. The summed E-state index contributed by atoms with van der Waals surface area (Å²) < 4.78 is 0. The van der Waals surface area contributed by atoms with Crippen LogP contribution in [0.4, 0.5) is 0 Å². The zero-order valence-corrected chi connectivity index (χ0v) is 37.3. The molecule has 7 atom stereocenters. The van der Waals surface area contributed by atoms with Crippen LogP contribution in [0.3, 0.4) is 0 Å². The average Bonchev–Trinajstić information content (AvgIpc) is 3.72. The van der Waals surface area contributed by atoms with Crippen LogP contribution in [0.1, 0.15) is 111 Å². The van der Waals surface area contributed by atoms with E-state index >= 15 is 0 Å². The number of rotatable bonds is 31. The average molecular weight is 892 g/mol. The van der Waals surface area contributed by atoms with Gasteiger partial charge in [-0.15, -0.1) is 0 Å². The Labute approximate surface area is 370 Å². The fourth-order valence-corrected chi connectivity index (χ4v) is 6.82. The fourth-order valence-electron chi connectivity index (χ4n) is 6.82. The van der Waals surface area contributed by atoms with E-state index in [4.69, 9.17) is 28.7 Å². The van der Waals surface area contributed by atoms with Gasteiger partial charge in [-0.25, -0.2) is 0 Å². The highest BCUT2D eigenvalue weighted by molar-refractivity contribution is 5.97. The number of carbonyl (C=O) groups is 9. The molecule has 1 heterocycles. The van der Waals surface area contributed by atoms with Crippen LogP contribution in [0.2, 0.25) is 0 Å². The highest BCUT2D eigenvalue weighted by Gasteiger charge is 2.38. The van der Waals surface area contributed by atoms with Crippen molar-refractivity contribution in [3.63, 3.8) is 0 Å². The number of aliphatic imine (C=N–C) groups is 1. The van der Waals surface area contributed by atoms with E-state index < -0.39 is 83.6 Å². The molecular weight excluding hydrogens is 819 g/mol. The van der Waals surface area contributed by atoms with Crippen molar-refractivity contribution < 1.29 is 43.2 Å². The maximum Gasteiger partial charge on any atom is 0.245 e. The van der Waals surface area contributed by atoms with Crippen molar-refractivity contribution in [1.29, 1.82) is 0 Å². The van der Waals surface area contributed by atoms with Gasteiger partial charge in [0.15, 0.2) is 5.96 Å². The number of carbonyl (C=O) groups excluding carboxylic acids is 9. The Kier molecular flexibility index (Phi) is 26.7. The van der Waals surface area contributed by atoms with Crippen LogP contribution in [0, 0.1) is 5.92 Å². The molecule has 0 aromatic rings. The van der Waals surface area contributed by atoms with Crippen LogP contribution in [0.5, 0.6) is 0 Å². The monoisotopic (exact) mass is 892 g/mol. The predicted octanol–water partition coefficient (Wildman–Crippen LogP) is -2.70. The van der Waals surface area contributed by atoms with Gasteiger partial charge in [-0.3, -0.25) is 43.3 Å². The summed E-state index contributed by atoms with van der Waals surface area (Å²) in [5.41, 5.74) is 27.9. The van der Waals surface area contributed by atoms with Crippen molar-refractivity contribution in [3.05, 3.63) is 12.2 Å². The number of likely N-dealkylation sites (tertiary alicyclic amines) is 1. The van der Waals surface area contributed by atoms with Crippen LogP contribution in [0.15, 0.2) is 17.1 Å². The second-order valence-electron chi connectivity index (χ2n) is 16.1. The molecule has 0 unspecified atom stereocenters. The van der Waals surface area contributed by atoms with Gasteiger partial charge in [-0.05, 0) is 103 Å². The molecule has 1 saturated heterocycles. The van der Waals surface area contributed by atoms with Crippen LogP contribution < -0.4 is 60.6 Å². The third kappa shape index (κ3) is 22.3. The molecule has 1 fully saturated rings. The second-order valence-corrected chi connectivity index (χ2v) is 16.1. The number of allylic oxidation sites excluding steroid dienone is 1. The number of amides is 8. The number of hydrogen-bond acceptors (Lipinski definition) is 12. The first-order valence-corrected chi connectivity index (χ1v) is 21.8. The lowest BCUT2D eigenvalue weighted by atomic mass is 10.0. The Morgan fingerprint density at radius 2 is 1.37 bits per heavy atom. The normalized spacial score (nSPS) is 16.4. The quantitative estimate of drug-likeness (QED) is 0.0111. The van der Waals surface area contributed by atoms with Gasteiger partial charge in [0.05, 0.1) is 12.1 Å². The highest BCUT2D eigenvalue weighted by atomic mass is 16.2. The summed E-state index contributed by atoms with van der Waals surface area (Å²) in [5.74, 6) is -5.17. The third-order valence-corrected chi connectivity index (χ3v) is 10.2. The molecular formula is C41H73N13O9. The molecule has 22 heteroatoms. The van der Waals surface area contributed by atoms with E-state index in [2.05, 4.69) is 36.9 Å². The number of hydrogen-bond donors (Lipinski definition) is 11. The Morgan fingerprint density at radius 1 is 0.762 bits per heavy atom. The molecule has 1 rings (SSSR count). The van der Waals surface area contributed by atoms with Gasteiger partial charge >= 0.3 is 0 Å². The van der Waals surface area contributed by atoms with Gasteiger partial charge in [-0.1, -0.05) is 26.3 Å². The molecule has 8 amide bonds. The molecule has 16 N–H and O–H groups in total. The number of nitrogens with zero attached hydrogens (tertiary/aromatic N) is 2. The molecule has 0 spiro atoms. The summed E-state index contributed by atoms with van der Waals surface area (Å²) in [6.07, 6.45) is 6.73. The van der Waals surface area contributed by atoms with Crippen LogP contribution in [-0.2, 0) is 43.2 Å². The zero-order valence-electron chi connectivity index (χ0n) is 37.3. The van der Waals surface area contributed by atoms with Gasteiger partial charge in [0.25, 0.3) is 0 Å². The smallest absolute Gasteiger partial charge is 0.245 e. The molecule has 63 heavy (non-hydrogen) atoms. The van der Waals surface area contributed by atoms with Crippen molar-refractivity contribution in [1.82, 2.24) is 36.8 Å². The van der Waals surface area contributed by atoms with E-state index in [1.54, 1.807) is 13.0 Å². The minimum Gasteiger partial charge on any atom is -0.370 e. The Morgan fingerprint density at radius 3 is 1.95 bits per heavy atom. The summed E-state index contributed by atoms with van der Waals surface area (Å²) in [7, 11) is 0. The van der Waals surface area contributed by atoms with E-state index in [0.717, 1.165) is 0 Å². The van der Waals surface area contributed by atoms with Crippen molar-refractivity contribution in [2.24, 2.45) is 39.6 Å². The maximum absolute atomic E-state index is 14.1. The number of nitrogens with one attached hydrogen (secondary N) is 6. The van der Waals surface area contributed by atoms with E-state index in [1.807, 2.05) is 13.8 Å². The first-order chi connectivity index (χ1) is 29.8. The van der Waals surface area contributed by atoms with Crippen LogP contribution in [-0.4, -0.2) is 133 Å². The van der Waals surface area contributed by atoms with Gasteiger partial charge in [-0.2, -0.15) is 0 Å². The minimum atomic E-state index is -1.32. The van der Waals surface area contributed by atoms with Crippen LogP contribution in [0.25, 0.3) is 0 Å². The molecule has 0 aliphatic carbocycles. The summed E-state index contributed by atoms with van der Waals surface area (Å²) in [6.45, 7) is 7.94. The number of guanidine groups is 1. The van der Waals surface area contributed by atoms with Gasteiger partial charge in [0.2, 0.25) is 47.3 Å². The van der Waals surface area contributed by atoms with Gasteiger partial charge in [0, 0.05) is 26.1 Å². The molecule has 0 saturated carbocycles. The third-order valence-electron chi connectivity index (χ3n) is 10.2. The van der Waals surface area contributed by atoms with E-state index in [1.165, 1.54) is 17.9 Å². The molecule has 1 aliphatic rings. The summed E-state index contributed by atoms with van der Waals surface area (Å²) in [5, 5.41) is 16.0. The number of aldehydes is 1. The molecule has 0 aromatic carbocycles. The molecule has 0 radical (unpaired) electrons.